The third-order valence-electron chi connectivity index (χ3n) is 3.08. The number of hydrogen-bond donors (Lipinski definition) is 1. The zero-order valence-electron chi connectivity index (χ0n) is 11.9. The van der Waals surface area contributed by atoms with Crippen LogP contribution >= 0.6 is 0 Å². The van der Waals surface area contributed by atoms with Crippen LogP contribution in [0.25, 0.3) is 0 Å². The summed E-state index contributed by atoms with van der Waals surface area (Å²) in [5, 5.41) is 12.5. The van der Waals surface area contributed by atoms with Gasteiger partial charge < -0.3 is 10.1 Å². The van der Waals surface area contributed by atoms with Crippen molar-refractivity contribution in [3.05, 3.63) is 52.8 Å². The van der Waals surface area contributed by atoms with Crippen LogP contribution in [0.1, 0.15) is 22.5 Å². The lowest BCUT2D eigenvalue weighted by molar-refractivity contribution is 0.414. The predicted molar refractivity (Wildman–Crippen MR) is 78.7 cm³/mol. The van der Waals surface area contributed by atoms with E-state index in [4.69, 9.17) is 4.74 Å². The van der Waals surface area contributed by atoms with Crippen molar-refractivity contribution in [3.63, 3.8) is 0 Å². The van der Waals surface area contributed by atoms with Gasteiger partial charge in [-0.15, -0.1) is 0 Å². The van der Waals surface area contributed by atoms with Gasteiger partial charge in [-0.3, -0.25) is 4.98 Å². The van der Waals surface area contributed by atoms with Crippen molar-refractivity contribution in [2.75, 3.05) is 12.4 Å². The molecule has 2 rings (SSSR count). The minimum Gasteiger partial charge on any atom is -0.497 e. The number of ether oxygens (including phenoxy) is 1. The Morgan fingerprint density at radius 1 is 1.25 bits per heavy atom. The van der Waals surface area contributed by atoms with Crippen molar-refractivity contribution in [1.82, 2.24) is 4.98 Å². The predicted octanol–water partition coefficient (Wildman–Crippen LogP) is 3.19. The van der Waals surface area contributed by atoms with Crippen LogP contribution in [-0.2, 0) is 6.54 Å². The molecule has 0 unspecified atom stereocenters. The first kappa shape index (κ1) is 13.9. The highest BCUT2D eigenvalue weighted by Crippen LogP contribution is 2.20. The second kappa shape index (κ2) is 6.07. The molecule has 20 heavy (non-hydrogen) atoms. The quantitative estimate of drug-likeness (QED) is 0.924. The van der Waals surface area contributed by atoms with Gasteiger partial charge >= 0.3 is 0 Å². The molecular weight excluding hydrogens is 250 g/mol. The van der Waals surface area contributed by atoms with E-state index in [-0.39, 0.29) is 0 Å². The smallest absolute Gasteiger partial charge is 0.118 e. The van der Waals surface area contributed by atoms with Gasteiger partial charge in [0.25, 0.3) is 0 Å². The largest absolute Gasteiger partial charge is 0.497 e. The molecule has 0 amide bonds. The first-order valence-electron chi connectivity index (χ1n) is 6.39. The van der Waals surface area contributed by atoms with Crippen molar-refractivity contribution in [1.29, 1.82) is 5.26 Å². The Hall–Kier alpha value is -2.54. The van der Waals surface area contributed by atoms with Gasteiger partial charge in [-0.05, 0) is 37.6 Å². The zero-order chi connectivity index (χ0) is 14.5. The number of hydrogen-bond acceptors (Lipinski definition) is 4. The Bertz CT molecular complexity index is 642. The molecule has 0 saturated heterocycles. The average Bonchev–Trinajstić information content (AvgIpc) is 2.45. The highest BCUT2D eigenvalue weighted by Gasteiger charge is 2.07. The maximum Gasteiger partial charge on any atom is 0.118 e. The lowest BCUT2D eigenvalue weighted by Gasteiger charge is -2.11. The number of benzene rings is 1. The molecule has 0 aliphatic heterocycles. The summed E-state index contributed by atoms with van der Waals surface area (Å²) in [5.74, 6) is 0.835. The van der Waals surface area contributed by atoms with Crippen molar-refractivity contribution in [3.8, 4) is 11.8 Å². The van der Waals surface area contributed by atoms with E-state index in [1.165, 1.54) is 0 Å². The summed E-state index contributed by atoms with van der Waals surface area (Å²) in [6.07, 6.45) is 0. The summed E-state index contributed by atoms with van der Waals surface area (Å²) in [7, 11) is 1.65. The topological polar surface area (TPSA) is 57.9 Å². The van der Waals surface area contributed by atoms with Gasteiger partial charge in [0, 0.05) is 12.2 Å². The third kappa shape index (κ3) is 3.07. The maximum atomic E-state index is 9.21. The minimum atomic E-state index is 0.601. The molecule has 0 fully saturated rings. The summed E-state index contributed by atoms with van der Waals surface area (Å²) in [6.45, 7) is 4.43. The fraction of sp³-hybridized carbons (Fsp3) is 0.250. The van der Waals surface area contributed by atoms with E-state index in [0.717, 1.165) is 28.4 Å². The monoisotopic (exact) mass is 267 g/mol. The number of aryl methyl sites for hydroxylation is 2. The average molecular weight is 267 g/mol. The van der Waals surface area contributed by atoms with Crippen molar-refractivity contribution in [2.45, 2.75) is 20.4 Å². The molecule has 1 aromatic carbocycles. The van der Waals surface area contributed by atoms with Gasteiger partial charge in [-0.2, -0.15) is 5.26 Å². The lowest BCUT2D eigenvalue weighted by atomic mass is 10.1. The number of pyridine rings is 1. The van der Waals surface area contributed by atoms with Gasteiger partial charge in [-0.1, -0.05) is 12.1 Å². The van der Waals surface area contributed by atoms with E-state index in [2.05, 4.69) is 16.4 Å². The van der Waals surface area contributed by atoms with Crippen LogP contribution in [-0.4, -0.2) is 12.1 Å². The van der Waals surface area contributed by atoms with Crippen LogP contribution in [0.4, 0.5) is 5.69 Å². The Morgan fingerprint density at radius 3 is 2.55 bits per heavy atom. The third-order valence-corrected chi connectivity index (χ3v) is 3.08. The van der Waals surface area contributed by atoms with E-state index in [9.17, 15) is 5.26 Å². The Morgan fingerprint density at radius 2 is 1.95 bits per heavy atom. The Kier molecular flexibility index (Phi) is 4.21. The molecule has 0 saturated carbocycles. The van der Waals surface area contributed by atoms with E-state index in [1.807, 2.05) is 44.2 Å². The van der Waals surface area contributed by atoms with E-state index >= 15 is 0 Å². The second-order valence-corrected chi connectivity index (χ2v) is 4.59. The van der Waals surface area contributed by atoms with Gasteiger partial charge in [0.05, 0.1) is 24.1 Å². The molecule has 102 valence electrons. The molecule has 1 N–H and O–H groups in total. The van der Waals surface area contributed by atoms with E-state index in [1.54, 1.807) is 7.11 Å². The molecule has 0 aliphatic rings. The molecule has 2 aromatic rings. The standard InChI is InChI=1S/C16H17N3O/c1-11-8-16(15(9-17)12(2)19-11)18-10-13-4-6-14(20-3)7-5-13/h4-8H,10H2,1-3H3,(H,18,19). The van der Waals surface area contributed by atoms with Crippen LogP contribution in [0, 0.1) is 25.2 Å². The summed E-state index contributed by atoms with van der Waals surface area (Å²) < 4.78 is 5.13. The van der Waals surface area contributed by atoms with Gasteiger partial charge in [0.15, 0.2) is 0 Å². The van der Waals surface area contributed by atoms with Crippen molar-refractivity contribution < 1.29 is 4.74 Å². The fourth-order valence-corrected chi connectivity index (χ4v) is 2.05. The van der Waals surface area contributed by atoms with Crippen molar-refractivity contribution >= 4 is 5.69 Å². The summed E-state index contributed by atoms with van der Waals surface area (Å²) >= 11 is 0. The molecule has 4 heteroatoms. The number of nitriles is 1. The first-order chi connectivity index (χ1) is 9.63. The number of nitrogens with zero attached hydrogens (tertiary/aromatic N) is 2. The molecule has 0 aliphatic carbocycles. The van der Waals surface area contributed by atoms with Crippen LogP contribution in [0.5, 0.6) is 5.75 Å². The van der Waals surface area contributed by atoms with Gasteiger partial charge in [0.2, 0.25) is 0 Å². The highest BCUT2D eigenvalue weighted by molar-refractivity contribution is 5.60. The Labute approximate surface area is 119 Å². The molecule has 0 spiro atoms. The SMILES string of the molecule is COc1ccc(CNc2cc(C)nc(C)c2C#N)cc1. The second-order valence-electron chi connectivity index (χ2n) is 4.59. The maximum absolute atomic E-state index is 9.21. The summed E-state index contributed by atoms with van der Waals surface area (Å²) in [5.41, 5.74) is 4.21. The Balaban J connectivity index is 2.16. The number of anilines is 1. The van der Waals surface area contributed by atoms with Crippen LogP contribution in [0.3, 0.4) is 0 Å². The number of methoxy groups -OCH3 is 1. The molecule has 0 radical (unpaired) electrons. The zero-order valence-corrected chi connectivity index (χ0v) is 11.9. The highest BCUT2D eigenvalue weighted by atomic mass is 16.5. The molecule has 1 aromatic heterocycles. The number of nitrogens with one attached hydrogen (secondary N) is 1. The number of rotatable bonds is 4. The summed E-state index contributed by atoms with van der Waals surface area (Å²) in [6, 6.07) is 11.9. The molecule has 4 nitrogen and oxygen atoms in total. The van der Waals surface area contributed by atoms with Crippen LogP contribution in [0.2, 0.25) is 0 Å². The molecule has 0 atom stereocenters. The fourth-order valence-electron chi connectivity index (χ4n) is 2.05. The first-order valence-corrected chi connectivity index (χ1v) is 6.39. The van der Waals surface area contributed by atoms with Crippen molar-refractivity contribution in [2.24, 2.45) is 0 Å². The number of aromatic nitrogens is 1. The molecular formula is C16H17N3O. The van der Waals surface area contributed by atoms with Gasteiger partial charge in [-0.25, -0.2) is 0 Å². The van der Waals surface area contributed by atoms with E-state index in [0.29, 0.717) is 12.1 Å². The summed E-state index contributed by atoms with van der Waals surface area (Å²) in [4.78, 5) is 4.30. The van der Waals surface area contributed by atoms with Crippen LogP contribution < -0.4 is 10.1 Å². The minimum absolute atomic E-state index is 0.601. The van der Waals surface area contributed by atoms with Crippen LogP contribution in [0.15, 0.2) is 30.3 Å². The molecule has 1 heterocycles. The normalized spacial score (nSPS) is 9.90. The van der Waals surface area contributed by atoms with E-state index < -0.39 is 0 Å². The lowest BCUT2D eigenvalue weighted by Crippen LogP contribution is -2.04. The van der Waals surface area contributed by atoms with Gasteiger partial charge in [0.1, 0.15) is 11.8 Å². The molecule has 0 bridgehead atoms.